The van der Waals surface area contributed by atoms with Crippen LogP contribution in [0.3, 0.4) is 0 Å². The van der Waals surface area contributed by atoms with E-state index in [0.29, 0.717) is 11.6 Å². The molecule has 138 valence electrons. The molecule has 1 atom stereocenters. The molecule has 1 aliphatic rings. The Morgan fingerprint density at radius 1 is 1.26 bits per heavy atom. The Labute approximate surface area is 163 Å². The highest BCUT2D eigenvalue weighted by Gasteiger charge is 2.28. The highest BCUT2D eigenvalue weighted by molar-refractivity contribution is 6.30. The van der Waals surface area contributed by atoms with Crippen LogP contribution in [0.25, 0.3) is 5.69 Å². The zero-order valence-electron chi connectivity index (χ0n) is 15.1. The van der Waals surface area contributed by atoms with E-state index in [1.807, 2.05) is 43.6 Å². The van der Waals surface area contributed by atoms with Gasteiger partial charge in [-0.2, -0.15) is 5.10 Å². The predicted molar refractivity (Wildman–Crippen MR) is 106 cm³/mol. The van der Waals surface area contributed by atoms with Crippen molar-refractivity contribution in [3.63, 3.8) is 0 Å². The summed E-state index contributed by atoms with van der Waals surface area (Å²) in [5.41, 5.74) is 4.47. The van der Waals surface area contributed by atoms with Crippen molar-refractivity contribution in [3.05, 3.63) is 82.6 Å². The minimum Gasteiger partial charge on any atom is -0.334 e. The van der Waals surface area contributed by atoms with E-state index in [-0.39, 0.29) is 12.1 Å². The van der Waals surface area contributed by atoms with Crippen LogP contribution < -0.4 is 5.32 Å². The van der Waals surface area contributed by atoms with Gasteiger partial charge in [0, 0.05) is 30.4 Å². The average Bonchev–Trinajstić information content (AvgIpc) is 3.33. The largest absolute Gasteiger partial charge is 0.334 e. The first-order valence-electron chi connectivity index (χ1n) is 9.00. The fourth-order valence-corrected chi connectivity index (χ4v) is 3.69. The van der Waals surface area contributed by atoms with Gasteiger partial charge in [0.25, 0.3) is 0 Å². The molecule has 3 aromatic rings. The molecule has 5 nitrogen and oxygen atoms in total. The Morgan fingerprint density at radius 2 is 2.04 bits per heavy atom. The number of aryl methyl sites for hydroxylation is 1. The van der Waals surface area contributed by atoms with E-state index < -0.39 is 0 Å². The number of rotatable bonds is 4. The first-order valence-corrected chi connectivity index (χ1v) is 9.37. The molecule has 0 saturated heterocycles. The van der Waals surface area contributed by atoms with E-state index in [4.69, 9.17) is 11.6 Å². The van der Waals surface area contributed by atoms with Gasteiger partial charge in [-0.05, 0) is 48.2 Å². The van der Waals surface area contributed by atoms with Gasteiger partial charge in [0.1, 0.15) is 0 Å². The Bertz CT molecular complexity index is 951. The summed E-state index contributed by atoms with van der Waals surface area (Å²) in [5.74, 6) is 0. The third-order valence-electron chi connectivity index (χ3n) is 5.06. The Kier molecular flexibility index (Phi) is 4.86. The maximum absolute atomic E-state index is 12.6. The predicted octanol–water partition coefficient (Wildman–Crippen LogP) is 4.35. The molecule has 1 heterocycles. The summed E-state index contributed by atoms with van der Waals surface area (Å²) >= 11 is 5.92. The number of nitrogens with one attached hydrogen (secondary N) is 1. The van der Waals surface area contributed by atoms with Crippen LogP contribution in [0.5, 0.6) is 0 Å². The van der Waals surface area contributed by atoms with E-state index in [9.17, 15) is 4.79 Å². The average molecular weight is 381 g/mol. The summed E-state index contributed by atoms with van der Waals surface area (Å²) in [5, 5.41) is 8.04. The first kappa shape index (κ1) is 17.6. The summed E-state index contributed by atoms with van der Waals surface area (Å²) in [4.78, 5) is 14.4. The minimum atomic E-state index is -0.0732. The molecule has 0 aliphatic heterocycles. The fraction of sp³-hybridized carbons (Fsp3) is 0.238. The number of aromatic nitrogens is 2. The summed E-state index contributed by atoms with van der Waals surface area (Å²) in [6.07, 6.45) is 5.66. The molecule has 2 amide bonds. The van der Waals surface area contributed by atoms with Gasteiger partial charge in [0.2, 0.25) is 0 Å². The number of carbonyl (C=O) groups excluding carboxylic acids is 1. The molecule has 6 heteroatoms. The monoisotopic (exact) mass is 380 g/mol. The maximum Gasteiger partial charge on any atom is 0.317 e. The number of urea groups is 1. The molecule has 27 heavy (non-hydrogen) atoms. The topological polar surface area (TPSA) is 50.2 Å². The molecule has 1 N–H and O–H groups in total. The van der Waals surface area contributed by atoms with E-state index in [2.05, 4.69) is 28.6 Å². The smallest absolute Gasteiger partial charge is 0.317 e. The highest BCUT2D eigenvalue weighted by atomic mass is 35.5. The summed E-state index contributed by atoms with van der Waals surface area (Å²) in [7, 11) is 1.86. The lowest BCUT2D eigenvalue weighted by atomic mass is 10.1. The summed E-state index contributed by atoms with van der Waals surface area (Å²) in [6.45, 7) is 0.436. The van der Waals surface area contributed by atoms with Gasteiger partial charge in [0.15, 0.2) is 0 Å². The van der Waals surface area contributed by atoms with E-state index in [0.717, 1.165) is 24.1 Å². The molecule has 2 aromatic carbocycles. The standard InChI is InChI=1S/C21H21ClN4O/c1-25(20-11-6-16-4-2-3-5-19(16)20)21(27)23-12-15-13-24-26(14-15)18-9-7-17(22)8-10-18/h2-5,7-10,13-14,20H,6,11-12H2,1H3,(H,23,27). The molecule has 0 bridgehead atoms. The Morgan fingerprint density at radius 3 is 2.85 bits per heavy atom. The first-order chi connectivity index (χ1) is 13.1. The Hall–Kier alpha value is -2.79. The molecule has 1 unspecified atom stereocenters. The lowest BCUT2D eigenvalue weighted by Crippen LogP contribution is -2.38. The molecule has 0 spiro atoms. The number of halogens is 1. The van der Waals surface area contributed by atoms with Crippen molar-refractivity contribution in [1.82, 2.24) is 20.0 Å². The van der Waals surface area contributed by atoms with Crippen LogP contribution in [0.15, 0.2) is 60.9 Å². The second kappa shape index (κ2) is 7.45. The number of fused-ring (bicyclic) bond motifs is 1. The molecule has 4 rings (SSSR count). The van der Waals surface area contributed by atoms with Gasteiger partial charge in [-0.15, -0.1) is 0 Å². The van der Waals surface area contributed by atoms with Crippen molar-refractivity contribution in [2.24, 2.45) is 0 Å². The van der Waals surface area contributed by atoms with Crippen LogP contribution >= 0.6 is 11.6 Å². The number of hydrogen-bond donors (Lipinski definition) is 1. The van der Waals surface area contributed by atoms with Crippen LogP contribution in [-0.4, -0.2) is 27.8 Å². The number of benzene rings is 2. The zero-order valence-corrected chi connectivity index (χ0v) is 15.9. The number of nitrogens with zero attached hydrogens (tertiary/aromatic N) is 3. The van der Waals surface area contributed by atoms with Crippen molar-refractivity contribution >= 4 is 17.6 Å². The SMILES string of the molecule is CN(C(=O)NCc1cnn(-c2ccc(Cl)cc2)c1)C1CCc2ccccc21. The minimum absolute atomic E-state index is 0.0732. The van der Waals surface area contributed by atoms with Gasteiger partial charge < -0.3 is 10.2 Å². The van der Waals surface area contributed by atoms with Crippen LogP contribution in [0.4, 0.5) is 4.79 Å². The van der Waals surface area contributed by atoms with Crippen molar-refractivity contribution < 1.29 is 4.79 Å². The van der Waals surface area contributed by atoms with E-state index in [1.165, 1.54) is 11.1 Å². The molecule has 0 radical (unpaired) electrons. The van der Waals surface area contributed by atoms with Crippen LogP contribution in [-0.2, 0) is 13.0 Å². The molecular weight excluding hydrogens is 360 g/mol. The highest BCUT2D eigenvalue weighted by Crippen LogP contribution is 2.34. The van der Waals surface area contributed by atoms with Gasteiger partial charge in [-0.1, -0.05) is 35.9 Å². The van der Waals surface area contributed by atoms with Crippen molar-refractivity contribution in [2.75, 3.05) is 7.05 Å². The van der Waals surface area contributed by atoms with Gasteiger partial charge in [-0.25, -0.2) is 9.48 Å². The molecule has 0 saturated carbocycles. The van der Waals surface area contributed by atoms with Crippen molar-refractivity contribution in [3.8, 4) is 5.69 Å². The van der Waals surface area contributed by atoms with Gasteiger partial charge in [0.05, 0.1) is 17.9 Å². The van der Waals surface area contributed by atoms with Crippen LogP contribution in [0.1, 0.15) is 29.2 Å². The van der Waals surface area contributed by atoms with Gasteiger partial charge in [-0.3, -0.25) is 0 Å². The van der Waals surface area contributed by atoms with Crippen LogP contribution in [0.2, 0.25) is 5.02 Å². The van der Waals surface area contributed by atoms with Crippen molar-refractivity contribution in [1.29, 1.82) is 0 Å². The van der Waals surface area contributed by atoms with Crippen molar-refractivity contribution in [2.45, 2.75) is 25.4 Å². The lowest BCUT2D eigenvalue weighted by molar-refractivity contribution is 0.190. The number of carbonyl (C=O) groups is 1. The molecule has 1 aliphatic carbocycles. The quantitative estimate of drug-likeness (QED) is 0.731. The molecule has 0 fully saturated rings. The molecular formula is C21H21ClN4O. The van der Waals surface area contributed by atoms with Gasteiger partial charge >= 0.3 is 6.03 Å². The molecule has 1 aromatic heterocycles. The number of hydrogen-bond acceptors (Lipinski definition) is 2. The number of amides is 2. The third kappa shape index (κ3) is 3.69. The lowest BCUT2D eigenvalue weighted by Gasteiger charge is -2.25. The zero-order chi connectivity index (χ0) is 18.8. The normalized spacial score (nSPS) is 15.4. The maximum atomic E-state index is 12.6. The second-order valence-corrected chi connectivity index (χ2v) is 7.23. The second-order valence-electron chi connectivity index (χ2n) is 6.79. The fourth-order valence-electron chi connectivity index (χ4n) is 3.57. The summed E-state index contributed by atoms with van der Waals surface area (Å²) in [6, 6.07) is 15.9. The van der Waals surface area contributed by atoms with E-state index >= 15 is 0 Å². The summed E-state index contributed by atoms with van der Waals surface area (Å²) < 4.78 is 1.77. The third-order valence-corrected chi connectivity index (χ3v) is 5.31. The Balaban J connectivity index is 1.38. The van der Waals surface area contributed by atoms with Crippen LogP contribution in [0, 0.1) is 0 Å². The van der Waals surface area contributed by atoms with E-state index in [1.54, 1.807) is 15.8 Å².